The second kappa shape index (κ2) is 10.3. The van der Waals surface area contributed by atoms with Gasteiger partial charge in [0, 0.05) is 37.2 Å². The van der Waals surface area contributed by atoms with Gasteiger partial charge in [0.2, 0.25) is 11.1 Å². The molecule has 1 amide bonds. The van der Waals surface area contributed by atoms with E-state index in [1.807, 2.05) is 17.0 Å². The third-order valence-electron chi connectivity index (χ3n) is 6.26. The molecule has 170 valence electrons. The van der Waals surface area contributed by atoms with Crippen LogP contribution in [0.5, 0.6) is 0 Å². The third kappa shape index (κ3) is 5.03. The van der Waals surface area contributed by atoms with Crippen LogP contribution in [0.4, 0.5) is 0 Å². The minimum Gasteiger partial charge on any atom is -0.343 e. The van der Waals surface area contributed by atoms with Crippen LogP contribution >= 0.6 is 11.8 Å². The van der Waals surface area contributed by atoms with Crippen LogP contribution in [0.25, 0.3) is 22.1 Å². The van der Waals surface area contributed by atoms with Gasteiger partial charge >= 0.3 is 0 Å². The van der Waals surface area contributed by atoms with Gasteiger partial charge in [0.25, 0.3) is 0 Å². The Hall–Kier alpha value is -2.93. The van der Waals surface area contributed by atoms with Crippen LogP contribution in [-0.2, 0) is 11.3 Å². The molecule has 6 nitrogen and oxygen atoms in total. The molecule has 7 heteroatoms. The summed E-state index contributed by atoms with van der Waals surface area (Å²) in [7, 11) is 0. The number of rotatable bonds is 8. The summed E-state index contributed by atoms with van der Waals surface area (Å²) in [5, 5.41) is 10.7. The highest BCUT2D eigenvalue weighted by atomic mass is 32.2. The quantitative estimate of drug-likeness (QED) is 0.264. The highest BCUT2D eigenvalue weighted by Gasteiger charge is 2.17. The fourth-order valence-corrected chi connectivity index (χ4v) is 5.30. The van der Waals surface area contributed by atoms with Crippen molar-refractivity contribution < 1.29 is 4.79 Å². The summed E-state index contributed by atoms with van der Waals surface area (Å²) < 4.78 is 2.23. The van der Waals surface area contributed by atoms with E-state index in [9.17, 15) is 4.79 Å². The molecule has 0 N–H and O–H groups in total. The summed E-state index contributed by atoms with van der Waals surface area (Å²) in [5.74, 6) is 1.20. The molecule has 1 aliphatic rings. The lowest BCUT2D eigenvalue weighted by Crippen LogP contribution is -2.35. The van der Waals surface area contributed by atoms with Gasteiger partial charge in [-0.1, -0.05) is 60.3 Å². The van der Waals surface area contributed by atoms with Crippen molar-refractivity contribution in [3.05, 3.63) is 60.2 Å². The zero-order chi connectivity index (χ0) is 22.5. The number of hydrogen-bond acceptors (Lipinski definition) is 5. The van der Waals surface area contributed by atoms with Crippen molar-refractivity contribution in [3.63, 3.8) is 0 Å². The molecule has 3 heterocycles. The number of aromatic nitrogens is 4. The standard InChI is InChI=1S/C26H29N5OS/c32-23(30-16-8-2-9-17-30)15-7-10-18-33-26-27-25-24(28-29-26)21-13-5-6-14-22(21)31(25)19-20-11-3-1-4-12-20/h1,3-6,11-14H,2,7-10,15-19H2. The summed E-state index contributed by atoms with van der Waals surface area (Å²) in [6.07, 6.45) is 6.07. The van der Waals surface area contributed by atoms with E-state index in [4.69, 9.17) is 4.98 Å². The SMILES string of the molecule is O=C(CCCCSc1nnc2c3ccccc3n(Cc3ccccc3)c2n1)N1CCCCC1. The second-order valence-electron chi connectivity index (χ2n) is 8.60. The van der Waals surface area contributed by atoms with Crippen molar-refractivity contribution >= 4 is 39.7 Å². The molecule has 1 saturated heterocycles. The molecule has 0 spiro atoms. The summed E-state index contributed by atoms with van der Waals surface area (Å²) >= 11 is 1.62. The maximum atomic E-state index is 12.3. The first-order valence-corrected chi connectivity index (χ1v) is 12.8. The molecule has 5 rings (SSSR count). The van der Waals surface area contributed by atoms with E-state index >= 15 is 0 Å². The largest absolute Gasteiger partial charge is 0.343 e. The number of likely N-dealkylation sites (tertiary alicyclic amines) is 1. The Labute approximate surface area is 198 Å². The monoisotopic (exact) mass is 459 g/mol. The number of unbranched alkanes of at least 4 members (excludes halogenated alkanes) is 1. The van der Waals surface area contributed by atoms with Crippen LogP contribution in [0, 0.1) is 0 Å². The molecule has 1 aliphatic heterocycles. The zero-order valence-electron chi connectivity index (χ0n) is 18.8. The molecule has 2 aromatic carbocycles. The molecule has 33 heavy (non-hydrogen) atoms. The Bertz CT molecular complexity index is 1230. The normalized spacial score (nSPS) is 14.2. The minimum atomic E-state index is 0.310. The van der Waals surface area contributed by atoms with Crippen LogP contribution in [0.2, 0.25) is 0 Å². The number of carbonyl (C=O) groups is 1. The van der Waals surface area contributed by atoms with Gasteiger partial charge in [0.05, 0.1) is 5.52 Å². The second-order valence-corrected chi connectivity index (χ2v) is 9.66. The van der Waals surface area contributed by atoms with Gasteiger partial charge in [-0.15, -0.1) is 10.2 Å². The fourth-order valence-electron chi connectivity index (χ4n) is 4.52. The number of amides is 1. The summed E-state index contributed by atoms with van der Waals surface area (Å²) in [4.78, 5) is 19.3. The number of hydrogen-bond donors (Lipinski definition) is 0. The number of carbonyl (C=O) groups excluding carboxylic acids is 1. The predicted molar refractivity (Wildman–Crippen MR) is 133 cm³/mol. The van der Waals surface area contributed by atoms with E-state index in [0.717, 1.165) is 73.1 Å². The van der Waals surface area contributed by atoms with Crippen LogP contribution in [-0.4, -0.2) is 49.4 Å². The highest BCUT2D eigenvalue weighted by molar-refractivity contribution is 7.99. The lowest BCUT2D eigenvalue weighted by molar-refractivity contribution is -0.132. The molecular formula is C26H29N5OS. The first-order valence-electron chi connectivity index (χ1n) is 11.9. The Morgan fingerprint density at radius 3 is 2.55 bits per heavy atom. The van der Waals surface area contributed by atoms with Crippen molar-refractivity contribution in [1.29, 1.82) is 0 Å². The first kappa shape index (κ1) is 21.9. The summed E-state index contributed by atoms with van der Waals surface area (Å²) in [6.45, 7) is 2.61. The molecule has 0 saturated carbocycles. The maximum absolute atomic E-state index is 12.3. The fraction of sp³-hybridized carbons (Fsp3) is 0.385. The van der Waals surface area contributed by atoms with Crippen molar-refractivity contribution in [2.24, 2.45) is 0 Å². The van der Waals surface area contributed by atoms with E-state index in [1.54, 1.807) is 11.8 Å². The first-order chi connectivity index (χ1) is 16.3. The number of nitrogens with zero attached hydrogens (tertiary/aromatic N) is 5. The Kier molecular flexibility index (Phi) is 6.86. The van der Waals surface area contributed by atoms with Crippen molar-refractivity contribution in [1.82, 2.24) is 24.6 Å². The molecule has 0 bridgehead atoms. The van der Waals surface area contributed by atoms with E-state index in [2.05, 4.69) is 57.2 Å². The third-order valence-corrected chi connectivity index (χ3v) is 7.19. The van der Waals surface area contributed by atoms with Gasteiger partial charge in [-0.25, -0.2) is 4.98 Å². The Balaban J connectivity index is 1.26. The topological polar surface area (TPSA) is 63.9 Å². The van der Waals surface area contributed by atoms with E-state index in [-0.39, 0.29) is 0 Å². The zero-order valence-corrected chi connectivity index (χ0v) is 19.6. The van der Waals surface area contributed by atoms with E-state index in [0.29, 0.717) is 17.5 Å². The highest BCUT2D eigenvalue weighted by Crippen LogP contribution is 2.28. The lowest BCUT2D eigenvalue weighted by Gasteiger charge is -2.26. The van der Waals surface area contributed by atoms with Crippen LogP contribution in [0.15, 0.2) is 59.8 Å². The molecule has 0 unspecified atom stereocenters. The average Bonchev–Trinajstić information content (AvgIpc) is 3.18. The van der Waals surface area contributed by atoms with Crippen LogP contribution < -0.4 is 0 Å². The number of benzene rings is 2. The van der Waals surface area contributed by atoms with Gasteiger partial charge < -0.3 is 9.47 Å². The van der Waals surface area contributed by atoms with Crippen molar-refractivity contribution in [2.45, 2.75) is 50.2 Å². The molecule has 2 aromatic heterocycles. The number of fused-ring (bicyclic) bond motifs is 3. The average molecular weight is 460 g/mol. The van der Waals surface area contributed by atoms with Gasteiger partial charge in [0.1, 0.15) is 5.52 Å². The van der Waals surface area contributed by atoms with Crippen molar-refractivity contribution in [3.8, 4) is 0 Å². The molecule has 0 atom stereocenters. The molecule has 0 aliphatic carbocycles. The van der Waals surface area contributed by atoms with Crippen LogP contribution in [0.3, 0.4) is 0 Å². The smallest absolute Gasteiger partial charge is 0.222 e. The van der Waals surface area contributed by atoms with Crippen molar-refractivity contribution in [2.75, 3.05) is 18.8 Å². The number of piperidine rings is 1. The number of thioether (sulfide) groups is 1. The minimum absolute atomic E-state index is 0.310. The lowest BCUT2D eigenvalue weighted by atomic mass is 10.1. The van der Waals surface area contributed by atoms with Gasteiger partial charge in [0.15, 0.2) is 5.65 Å². The van der Waals surface area contributed by atoms with E-state index < -0.39 is 0 Å². The van der Waals surface area contributed by atoms with Crippen LogP contribution in [0.1, 0.15) is 44.1 Å². The van der Waals surface area contributed by atoms with E-state index in [1.165, 1.54) is 12.0 Å². The predicted octanol–water partition coefficient (Wildman–Crippen LogP) is 5.30. The Morgan fingerprint density at radius 2 is 1.70 bits per heavy atom. The summed E-state index contributed by atoms with van der Waals surface area (Å²) in [6, 6.07) is 18.7. The molecule has 0 radical (unpaired) electrons. The maximum Gasteiger partial charge on any atom is 0.222 e. The van der Waals surface area contributed by atoms with Gasteiger partial charge in [-0.3, -0.25) is 4.79 Å². The van der Waals surface area contributed by atoms with Gasteiger partial charge in [-0.2, -0.15) is 0 Å². The van der Waals surface area contributed by atoms with Gasteiger partial charge in [-0.05, 0) is 43.7 Å². The molecule has 1 fully saturated rings. The molecule has 4 aromatic rings. The number of para-hydroxylation sites is 1. The summed E-state index contributed by atoms with van der Waals surface area (Å²) in [5.41, 5.74) is 4.07. The Morgan fingerprint density at radius 1 is 0.909 bits per heavy atom. The molecular weight excluding hydrogens is 430 g/mol.